The first-order valence-electron chi connectivity index (χ1n) is 10.4. The zero-order valence-corrected chi connectivity index (χ0v) is 19.6. The summed E-state index contributed by atoms with van der Waals surface area (Å²) < 4.78 is 46.4. The van der Waals surface area contributed by atoms with E-state index in [1.54, 1.807) is 30.5 Å². The zero-order chi connectivity index (χ0) is 26.0. The van der Waals surface area contributed by atoms with Crippen LogP contribution < -0.4 is 15.4 Å². The Labute approximate surface area is 207 Å². The Balaban J connectivity index is 1.69. The number of methoxy groups -OCH3 is 1. The molecule has 0 aliphatic rings. The molecule has 4 rings (SSSR count). The fraction of sp³-hybridized carbons (Fsp3) is 0.227. The number of hydrogen-bond donors (Lipinski definition) is 2. The van der Waals surface area contributed by atoms with Gasteiger partial charge in [-0.15, -0.1) is 0 Å². The van der Waals surface area contributed by atoms with Crippen LogP contribution in [0.5, 0.6) is 5.75 Å². The number of halogens is 4. The number of fused-ring (bicyclic) bond motifs is 1. The van der Waals surface area contributed by atoms with Crippen molar-refractivity contribution in [2.24, 2.45) is 0 Å². The Morgan fingerprint density at radius 1 is 1.28 bits per heavy atom. The van der Waals surface area contributed by atoms with Crippen molar-refractivity contribution in [3.8, 4) is 17.0 Å². The molecule has 0 fully saturated rings. The van der Waals surface area contributed by atoms with E-state index < -0.39 is 30.6 Å². The Morgan fingerprint density at radius 3 is 2.78 bits per heavy atom. The van der Waals surface area contributed by atoms with Gasteiger partial charge in [0.25, 0.3) is 5.91 Å². The molecule has 0 radical (unpaired) electrons. The third-order valence-electron chi connectivity index (χ3n) is 5.12. The number of aromatic nitrogens is 5. The summed E-state index contributed by atoms with van der Waals surface area (Å²) in [5.41, 5.74) is 1.21. The summed E-state index contributed by atoms with van der Waals surface area (Å²) in [6, 6.07) is 4.34. The molecule has 3 heterocycles. The lowest BCUT2D eigenvalue weighted by Crippen LogP contribution is -2.44. The summed E-state index contributed by atoms with van der Waals surface area (Å²) >= 11 is 6.15. The van der Waals surface area contributed by atoms with Crippen LogP contribution in [0.2, 0.25) is 5.02 Å². The second-order valence-electron chi connectivity index (χ2n) is 7.66. The van der Waals surface area contributed by atoms with Gasteiger partial charge in [0.1, 0.15) is 29.6 Å². The number of amides is 2. The van der Waals surface area contributed by atoms with E-state index in [1.807, 2.05) is 5.32 Å². The maximum absolute atomic E-state index is 13.1. The number of rotatable bonds is 7. The van der Waals surface area contributed by atoms with Gasteiger partial charge in [-0.2, -0.15) is 23.4 Å². The van der Waals surface area contributed by atoms with E-state index in [0.29, 0.717) is 22.0 Å². The third kappa shape index (κ3) is 5.25. The number of hydrogen-bond acceptors (Lipinski definition) is 6. The smallest absolute Gasteiger partial charge is 0.408 e. The molecule has 36 heavy (non-hydrogen) atoms. The molecular weight excluding hydrogens is 503 g/mol. The lowest BCUT2D eigenvalue weighted by molar-refractivity contribution is -0.158. The Kier molecular flexibility index (Phi) is 6.84. The molecule has 0 aliphatic heterocycles. The predicted molar refractivity (Wildman–Crippen MR) is 124 cm³/mol. The largest absolute Gasteiger partial charge is 0.496 e. The number of anilines is 1. The molecule has 1 unspecified atom stereocenters. The van der Waals surface area contributed by atoms with Crippen LogP contribution in [0, 0.1) is 0 Å². The van der Waals surface area contributed by atoms with Crippen LogP contribution >= 0.6 is 11.6 Å². The number of carbonyl (C=O) groups is 2. The highest BCUT2D eigenvalue weighted by Crippen LogP contribution is 2.36. The van der Waals surface area contributed by atoms with E-state index in [1.165, 1.54) is 30.2 Å². The van der Waals surface area contributed by atoms with Gasteiger partial charge in [0, 0.05) is 29.2 Å². The Morgan fingerprint density at radius 2 is 2.06 bits per heavy atom. The Bertz CT molecular complexity index is 1430. The van der Waals surface area contributed by atoms with Crippen LogP contribution in [-0.4, -0.2) is 55.5 Å². The van der Waals surface area contributed by atoms with E-state index >= 15 is 0 Å². The second kappa shape index (κ2) is 9.85. The molecule has 4 aromatic rings. The molecule has 2 N–H and O–H groups in total. The molecule has 1 atom stereocenters. The van der Waals surface area contributed by atoms with Crippen LogP contribution in [0.25, 0.3) is 16.9 Å². The fourth-order valence-corrected chi connectivity index (χ4v) is 3.52. The summed E-state index contributed by atoms with van der Waals surface area (Å²) in [5, 5.41) is 13.3. The van der Waals surface area contributed by atoms with Gasteiger partial charge in [-0.05, 0) is 31.2 Å². The summed E-state index contributed by atoms with van der Waals surface area (Å²) in [7, 11) is 1.43. The zero-order valence-electron chi connectivity index (χ0n) is 18.9. The average Bonchev–Trinajstić information content (AvgIpc) is 3.42. The van der Waals surface area contributed by atoms with Crippen molar-refractivity contribution in [1.82, 2.24) is 29.7 Å². The van der Waals surface area contributed by atoms with Gasteiger partial charge in [-0.1, -0.05) is 11.6 Å². The first-order chi connectivity index (χ1) is 17.1. The summed E-state index contributed by atoms with van der Waals surface area (Å²) in [5.74, 6) is -1.12. The average molecular weight is 522 g/mol. The van der Waals surface area contributed by atoms with Crippen LogP contribution in [0.1, 0.15) is 17.3 Å². The second-order valence-corrected chi connectivity index (χ2v) is 8.10. The molecule has 2 amide bonds. The van der Waals surface area contributed by atoms with Gasteiger partial charge in [-0.3, -0.25) is 14.3 Å². The first-order valence-corrected chi connectivity index (χ1v) is 10.8. The van der Waals surface area contributed by atoms with Crippen molar-refractivity contribution in [2.75, 3.05) is 12.4 Å². The monoisotopic (exact) mass is 521 g/mol. The molecule has 1 aromatic carbocycles. The standard InChI is InChI=1S/C22H19ClF3N7O3/c1-12(22(24,25)26)29-18(34)11-32-10-16(19(31-32)14-8-13(23)4-5-17(14)36-2)30-21(35)15-9-28-33-7-3-6-27-20(15)33/h3-10,12H,11H2,1-2H3,(H,29,34)(H,30,35). The molecule has 0 saturated carbocycles. The van der Waals surface area contributed by atoms with E-state index in [4.69, 9.17) is 16.3 Å². The highest BCUT2D eigenvalue weighted by atomic mass is 35.5. The van der Waals surface area contributed by atoms with Crippen molar-refractivity contribution in [3.63, 3.8) is 0 Å². The van der Waals surface area contributed by atoms with Gasteiger partial charge < -0.3 is 15.4 Å². The molecule has 0 aliphatic carbocycles. The number of nitrogens with zero attached hydrogens (tertiary/aromatic N) is 5. The van der Waals surface area contributed by atoms with Crippen molar-refractivity contribution < 1.29 is 27.5 Å². The number of benzene rings is 1. The van der Waals surface area contributed by atoms with Gasteiger partial charge in [0.2, 0.25) is 5.91 Å². The number of nitrogens with one attached hydrogen (secondary N) is 2. The number of carbonyl (C=O) groups excluding carboxylic acids is 2. The molecule has 0 spiro atoms. The number of ether oxygens (including phenoxy) is 1. The molecule has 188 valence electrons. The van der Waals surface area contributed by atoms with E-state index in [9.17, 15) is 22.8 Å². The molecule has 3 aromatic heterocycles. The molecule has 14 heteroatoms. The van der Waals surface area contributed by atoms with Crippen LogP contribution in [0.4, 0.5) is 18.9 Å². The van der Waals surface area contributed by atoms with Crippen LogP contribution in [0.15, 0.2) is 49.1 Å². The third-order valence-corrected chi connectivity index (χ3v) is 5.36. The lowest BCUT2D eigenvalue weighted by Gasteiger charge is -2.16. The minimum atomic E-state index is -4.60. The maximum Gasteiger partial charge on any atom is 0.408 e. The van der Waals surface area contributed by atoms with Crippen molar-refractivity contribution >= 4 is 34.7 Å². The molecule has 0 saturated heterocycles. The SMILES string of the molecule is COc1ccc(Cl)cc1-c1nn(CC(=O)NC(C)C(F)(F)F)cc1NC(=O)c1cnn2cccnc12. The summed E-state index contributed by atoms with van der Waals surface area (Å²) in [6.07, 6.45) is 1.20. The first kappa shape index (κ1) is 25.0. The highest BCUT2D eigenvalue weighted by Gasteiger charge is 2.37. The van der Waals surface area contributed by atoms with Crippen LogP contribution in [-0.2, 0) is 11.3 Å². The van der Waals surface area contributed by atoms with Gasteiger partial charge in [-0.25, -0.2) is 9.50 Å². The minimum Gasteiger partial charge on any atom is -0.496 e. The van der Waals surface area contributed by atoms with Gasteiger partial charge >= 0.3 is 6.18 Å². The summed E-state index contributed by atoms with van der Waals surface area (Å²) in [4.78, 5) is 29.5. The minimum absolute atomic E-state index is 0.160. The van der Waals surface area contributed by atoms with Gasteiger partial charge in [0.15, 0.2) is 5.65 Å². The van der Waals surface area contributed by atoms with Crippen LogP contribution in [0.3, 0.4) is 0 Å². The maximum atomic E-state index is 13.1. The van der Waals surface area contributed by atoms with E-state index in [0.717, 1.165) is 11.6 Å². The summed E-state index contributed by atoms with van der Waals surface area (Å²) in [6.45, 7) is 0.295. The van der Waals surface area contributed by atoms with E-state index in [2.05, 4.69) is 20.5 Å². The topological polar surface area (TPSA) is 115 Å². The fourth-order valence-electron chi connectivity index (χ4n) is 3.35. The van der Waals surface area contributed by atoms with Gasteiger partial charge in [0.05, 0.1) is 19.0 Å². The molecule has 0 bridgehead atoms. The molecule has 10 nitrogen and oxygen atoms in total. The normalized spacial score (nSPS) is 12.4. The van der Waals surface area contributed by atoms with Crippen molar-refractivity contribution in [1.29, 1.82) is 0 Å². The van der Waals surface area contributed by atoms with Crippen molar-refractivity contribution in [3.05, 3.63) is 59.6 Å². The number of alkyl halides is 3. The predicted octanol–water partition coefficient (Wildman–Crippen LogP) is 3.57. The highest BCUT2D eigenvalue weighted by molar-refractivity contribution is 6.31. The Hall–Kier alpha value is -4.13. The molecular formula is C22H19ClF3N7O3. The van der Waals surface area contributed by atoms with Crippen molar-refractivity contribution in [2.45, 2.75) is 25.7 Å². The quantitative estimate of drug-likeness (QED) is 0.384. The lowest BCUT2D eigenvalue weighted by atomic mass is 10.1. The van der Waals surface area contributed by atoms with E-state index in [-0.39, 0.29) is 16.9 Å².